The third-order valence-electron chi connectivity index (χ3n) is 5.91. The summed E-state index contributed by atoms with van der Waals surface area (Å²) in [7, 11) is 1.53. The van der Waals surface area contributed by atoms with Crippen LogP contribution in [0.3, 0.4) is 0 Å². The lowest BCUT2D eigenvalue weighted by Crippen LogP contribution is -2.29. The summed E-state index contributed by atoms with van der Waals surface area (Å²) in [5, 5.41) is 11.5. The van der Waals surface area contributed by atoms with E-state index in [-0.39, 0.29) is 27.9 Å². The molecule has 2 heterocycles. The van der Waals surface area contributed by atoms with Crippen molar-refractivity contribution in [3.05, 3.63) is 75.8 Å². The maximum atomic E-state index is 13.4. The van der Waals surface area contributed by atoms with Crippen molar-refractivity contribution in [2.24, 2.45) is 0 Å². The number of aryl methyl sites for hydroxylation is 1. The number of hydrogen-bond acceptors (Lipinski definition) is 9. The normalized spacial score (nSPS) is 16.5. The fourth-order valence-electron chi connectivity index (χ4n) is 4.11. The van der Waals surface area contributed by atoms with Gasteiger partial charge in [-0.05, 0) is 50.1 Å². The van der Waals surface area contributed by atoms with Crippen LogP contribution in [0.25, 0.3) is 5.76 Å². The molecule has 38 heavy (non-hydrogen) atoms. The molecular formula is C28H28N2O7S. The number of nitrogens with zero attached hydrogens (tertiary/aromatic N) is 2. The summed E-state index contributed by atoms with van der Waals surface area (Å²) < 4.78 is 16.1. The maximum absolute atomic E-state index is 13.4. The van der Waals surface area contributed by atoms with E-state index in [9.17, 15) is 19.5 Å². The Morgan fingerprint density at radius 3 is 2.50 bits per heavy atom. The molecule has 0 bridgehead atoms. The fourth-order valence-corrected chi connectivity index (χ4v) is 5.10. The number of esters is 1. The van der Waals surface area contributed by atoms with Crippen molar-refractivity contribution in [2.45, 2.75) is 33.2 Å². The zero-order valence-electron chi connectivity index (χ0n) is 21.5. The van der Waals surface area contributed by atoms with Gasteiger partial charge in [-0.15, -0.1) is 0 Å². The quantitative estimate of drug-likeness (QED) is 0.175. The van der Waals surface area contributed by atoms with Crippen LogP contribution in [0.2, 0.25) is 0 Å². The SMILES string of the molecule is CCCOc1cccc(C(O)=C2C(=O)C(=O)N(c3nc(C)c(C(=O)OCC)s3)C2c2ccc(OC)cc2)c1. The average Bonchev–Trinajstić information content (AvgIpc) is 3.43. The van der Waals surface area contributed by atoms with Crippen molar-refractivity contribution in [1.82, 2.24) is 4.98 Å². The van der Waals surface area contributed by atoms with E-state index in [1.807, 2.05) is 6.92 Å². The molecule has 1 atom stereocenters. The van der Waals surface area contributed by atoms with Crippen LogP contribution in [0.1, 0.15) is 52.8 Å². The molecule has 0 saturated carbocycles. The predicted octanol–water partition coefficient (Wildman–Crippen LogP) is 5.05. The molecule has 1 saturated heterocycles. The monoisotopic (exact) mass is 536 g/mol. The molecule has 1 aliphatic heterocycles. The Bertz CT molecular complexity index is 1390. The van der Waals surface area contributed by atoms with Crippen molar-refractivity contribution in [2.75, 3.05) is 25.2 Å². The number of ketones is 1. The Morgan fingerprint density at radius 2 is 1.84 bits per heavy atom. The Balaban J connectivity index is 1.87. The molecule has 1 aliphatic rings. The number of benzene rings is 2. The van der Waals surface area contributed by atoms with Gasteiger partial charge in [-0.1, -0.05) is 42.5 Å². The molecule has 1 aromatic heterocycles. The molecule has 4 rings (SSSR count). The van der Waals surface area contributed by atoms with Crippen LogP contribution in [0.5, 0.6) is 11.5 Å². The van der Waals surface area contributed by atoms with Crippen molar-refractivity contribution < 1.29 is 33.7 Å². The second kappa shape index (κ2) is 11.5. The Kier molecular flexibility index (Phi) is 8.11. The molecular weight excluding hydrogens is 508 g/mol. The summed E-state index contributed by atoms with van der Waals surface area (Å²) >= 11 is 0.956. The lowest BCUT2D eigenvalue weighted by atomic mass is 9.95. The fraction of sp³-hybridized carbons (Fsp3) is 0.286. The number of rotatable bonds is 9. The molecule has 1 fully saturated rings. The molecule has 3 aromatic rings. The number of aliphatic hydroxyl groups excluding tert-OH is 1. The summed E-state index contributed by atoms with van der Waals surface area (Å²) in [6, 6.07) is 12.5. The van der Waals surface area contributed by atoms with Gasteiger partial charge in [0.25, 0.3) is 5.78 Å². The molecule has 0 radical (unpaired) electrons. The standard InChI is InChI=1S/C28H28N2O7S/c1-5-14-37-20-9-7-8-18(15-20)23(31)21-22(17-10-12-19(35-4)13-11-17)30(26(33)24(21)32)28-29-16(3)25(38-28)27(34)36-6-2/h7-13,15,22,31H,5-6,14H2,1-4H3. The minimum absolute atomic E-state index is 0.0988. The van der Waals surface area contributed by atoms with Gasteiger partial charge in [0, 0.05) is 5.56 Å². The average molecular weight is 537 g/mol. The lowest BCUT2D eigenvalue weighted by Gasteiger charge is -2.23. The van der Waals surface area contributed by atoms with Gasteiger partial charge in [0.1, 0.15) is 22.1 Å². The van der Waals surface area contributed by atoms with Crippen LogP contribution in [0.15, 0.2) is 54.1 Å². The summed E-state index contributed by atoms with van der Waals surface area (Å²) in [6.45, 7) is 5.98. The van der Waals surface area contributed by atoms with Crippen LogP contribution in [-0.4, -0.2) is 48.1 Å². The molecule has 10 heteroatoms. The highest BCUT2D eigenvalue weighted by Crippen LogP contribution is 2.44. The number of Topliss-reactive ketones (excluding diaryl/α,β-unsaturated/α-hetero) is 1. The molecule has 198 valence electrons. The van der Waals surface area contributed by atoms with Gasteiger partial charge in [-0.25, -0.2) is 9.78 Å². The number of thiazole rings is 1. The smallest absolute Gasteiger partial charge is 0.350 e. The van der Waals surface area contributed by atoms with Crippen molar-refractivity contribution >= 4 is 39.9 Å². The summed E-state index contributed by atoms with van der Waals surface area (Å²) in [4.78, 5) is 45.1. The van der Waals surface area contributed by atoms with E-state index in [0.29, 0.717) is 34.9 Å². The third-order valence-corrected chi connectivity index (χ3v) is 7.05. The van der Waals surface area contributed by atoms with E-state index < -0.39 is 23.7 Å². The molecule has 0 aliphatic carbocycles. The Labute approximate surface area is 224 Å². The first kappa shape index (κ1) is 26.9. The Morgan fingerprint density at radius 1 is 1.11 bits per heavy atom. The number of amides is 1. The van der Waals surface area contributed by atoms with Gasteiger partial charge >= 0.3 is 11.9 Å². The summed E-state index contributed by atoms with van der Waals surface area (Å²) in [5.41, 5.74) is 1.16. The highest BCUT2D eigenvalue weighted by Gasteiger charge is 2.48. The van der Waals surface area contributed by atoms with E-state index in [1.54, 1.807) is 62.4 Å². The summed E-state index contributed by atoms with van der Waals surface area (Å²) in [5.74, 6) is -1.52. The second-order valence-corrected chi connectivity index (χ2v) is 9.43. The number of methoxy groups -OCH3 is 1. The number of aromatic nitrogens is 1. The number of carbonyl (C=O) groups is 3. The van der Waals surface area contributed by atoms with Crippen LogP contribution in [-0.2, 0) is 14.3 Å². The van der Waals surface area contributed by atoms with Crippen molar-refractivity contribution in [3.63, 3.8) is 0 Å². The van der Waals surface area contributed by atoms with Gasteiger partial charge in [-0.2, -0.15) is 0 Å². The summed E-state index contributed by atoms with van der Waals surface area (Å²) in [6.07, 6.45) is 0.805. The van der Waals surface area contributed by atoms with Crippen LogP contribution in [0.4, 0.5) is 5.13 Å². The van der Waals surface area contributed by atoms with Crippen LogP contribution >= 0.6 is 11.3 Å². The molecule has 2 aromatic carbocycles. The second-order valence-electron chi connectivity index (χ2n) is 8.45. The number of hydrogen-bond donors (Lipinski definition) is 1. The van der Waals surface area contributed by atoms with Gasteiger partial charge in [0.05, 0.1) is 37.6 Å². The molecule has 1 unspecified atom stereocenters. The minimum atomic E-state index is -0.998. The third kappa shape index (κ3) is 5.12. The topological polar surface area (TPSA) is 115 Å². The van der Waals surface area contributed by atoms with E-state index >= 15 is 0 Å². The van der Waals surface area contributed by atoms with Crippen LogP contribution < -0.4 is 14.4 Å². The van der Waals surface area contributed by atoms with Crippen molar-refractivity contribution in [1.29, 1.82) is 0 Å². The minimum Gasteiger partial charge on any atom is -0.507 e. The first-order valence-electron chi connectivity index (χ1n) is 12.1. The zero-order valence-corrected chi connectivity index (χ0v) is 22.3. The van der Waals surface area contributed by atoms with E-state index in [2.05, 4.69) is 4.98 Å². The highest BCUT2D eigenvalue weighted by atomic mass is 32.1. The number of aliphatic hydroxyl groups is 1. The largest absolute Gasteiger partial charge is 0.507 e. The molecule has 1 amide bonds. The van der Waals surface area contributed by atoms with Gasteiger partial charge in [-0.3, -0.25) is 14.5 Å². The lowest BCUT2D eigenvalue weighted by molar-refractivity contribution is -0.132. The van der Waals surface area contributed by atoms with E-state index in [0.717, 1.165) is 17.8 Å². The van der Waals surface area contributed by atoms with Gasteiger partial charge in [0.15, 0.2) is 5.13 Å². The van der Waals surface area contributed by atoms with E-state index in [4.69, 9.17) is 14.2 Å². The predicted molar refractivity (Wildman–Crippen MR) is 143 cm³/mol. The number of anilines is 1. The number of ether oxygens (including phenoxy) is 3. The Hall–Kier alpha value is -4.18. The van der Waals surface area contributed by atoms with E-state index in [1.165, 1.54) is 12.0 Å². The number of carbonyl (C=O) groups excluding carboxylic acids is 3. The van der Waals surface area contributed by atoms with Crippen LogP contribution in [0, 0.1) is 6.92 Å². The molecule has 1 N–H and O–H groups in total. The highest BCUT2D eigenvalue weighted by molar-refractivity contribution is 7.17. The first-order chi connectivity index (χ1) is 18.3. The van der Waals surface area contributed by atoms with Crippen molar-refractivity contribution in [3.8, 4) is 11.5 Å². The molecule has 9 nitrogen and oxygen atoms in total. The van der Waals surface area contributed by atoms with Gasteiger partial charge in [0.2, 0.25) is 0 Å². The first-order valence-corrected chi connectivity index (χ1v) is 12.9. The zero-order chi connectivity index (χ0) is 27.4. The maximum Gasteiger partial charge on any atom is 0.350 e. The molecule has 0 spiro atoms. The van der Waals surface area contributed by atoms with Gasteiger partial charge < -0.3 is 19.3 Å².